The molecular formula is C16H15BrN2O5. The number of rotatable bonds is 6. The molecule has 1 aliphatic carbocycles. The van der Waals surface area contributed by atoms with E-state index in [0.717, 1.165) is 18.5 Å². The Hall–Kier alpha value is -2.35. The van der Waals surface area contributed by atoms with Crippen molar-refractivity contribution in [2.75, 3.05) is 7.11 Å². The number of nitrogens with one attached hydrogen (secondary N) is 1. The van der Waals surface area contributed by atoms with Crippen LogP contribution in [-0.4, -0.2) is 29.2 Å². The number of carbonyl (C=O) groups excluding carboxylic acids is 1. The predicted octanol–water partition coefficient (Wildman–Crippen LogP) is 2.88. The summed E-state index contributed by atoms with van der Waals surface area (Å²) in [6.07, 6.45) is 2.07. The highest BCUT2D eigenvalue weighted by molar-refractivity contribution is 9.10. The van der Waals surface area contributed by atoms with Gasteiger partial charge in [-0.2, -0.15) is 0 Å². The second-order valence-corrected chi connectivity index (χ2v) is 6.38. The Balaban J connectivity index is 1.79. The summed E-state index contributed by atoms with van der Waals surface area (Å²) in [5.41, 5.74) is 1.14. The van der Waals surface area contributed by atoms with Crippen LogP contribution in [0.5, 0.6) is 5.75 Å². The summed E-state index contributed by atoms with van der Waals surface area (Å²) in [7, 11) is 1.51. The highest BCUT2D eigenvalue weighted by Crippen LogP contribution is 2.39. The number of ether oxygens (including phenoxy) is 1. The molecule has 126 valence electrons. The minimum absolute atomic E-state index is 0.00993. The molecule has 0 saturated heterocycles. The van der Waals surface area contributed by atoms with Crippen LogP contribution >= 0.6 is 15.9 Å². The average Bonchev–Trinajstić information content (AvgIpc) is 3.29. The van der Waals surface area contributed by atoms with Gasteiger partial charge in [-0.1, -0.05) is 11.2 Å². The highest BCUT2D eigenvalue weighted by atomic mass is 79.9. The van der Waals surface area contributed by atoms with Gasteiger partial charge in [0.05, 0.1) is 17.3 Å². The monoisotopic (exact) mass is 394 g/mol. The molecule has 0 spiro atoms. The molecule has 7 nitrogen and oxygen atoms in total. The van der Waals surface area contributed by atoms with E-state index in [2.05, 4.69) is 26.4 Å². The van der Waals surface area contributed by atoms with E-state index >= 15 is 0 Å². The van der Waals surface area contributed by atoms with Crippen LogP contribution in [0.2, 0.25) is 0 Å². The zero-order valence-corrected chi connectivity index (χ0v) is 14.4. The van der Waals surface area contributed by atoms with Gasteiger partial charge in [-0.05, 0) is 46.5 Å². The molecule has 2 aromatic rings. The molecular weight excluding hydrogens is 380 g/mol. The second kappa shape index (κ2) is 6.64. The van der Waals surface area contributed by atoms with Crippen molar-refractivity contribution < 1.29 is 24.0 Å². The Labute approximate surface area is 146 Å². The van der Waals surface area contributed by atoms with Gasteiger partial charge in [0.15, 0.2) is 6.04 Å². The quantitative estimate of drug-likeness (QED) is 0.780. The SMILES string of the molecule is COc1ccc(C(NC(=O)c2cc(C3CC3)no2)C(=O)O)cc1Br. The first-order valence-corrected chi connectivity index (χ1v) is 8.12. The van der Waals surface area contributed by atoms with Crippen LogP contribution in [0.1, 0.15) is 46.6 Å². The molecule has 1 unspecified atom stereocenters. The van der Waals surface area contributed by atoms with Gasteiger partial charge >= 0.3 is 5.97 Å². The van der Waals surface area contributed by atoms with Gasteiger partial charge in [0.2, 0.25) is 5.76 Å². The number of aromatic nitrogens is 1. The largest absolute Gasteiger partial charge is 0.496 e. The van der Waals surface area contributed by atoms with E-state index in [1.807, 2.05) is 0 Å². The van der Waals surface area contributed by atoms with E-state index in [4.69, 9.17) is 9.26 Å². The van der Waals surface area contributed by atoms with Crippen molar-refractivity contribution in [3.63, 3.8) is 0 Å². The average molecular weight is 395 g/mol. The number of hydrogen-bond donors (Lipinski definition) is 2. The standard InChI is InChI=1S/C16H15BrN2O5/c1-23-12-5-4-9(6-10(12)17)14(16(21)22)18-15(20)13-7-11(19-24-13)8-2-3-8/h4-8,14H,2-3H2,1H3,(H,18,20)(H,21,22). The van der Waals surface area contributed by atoms with Crippen molar-refractivity contribution in [1.82, 2.24) is 10.5 Å². The third-order valence-electron chi connectivity index (χ3n) is 3.78. The molecule has 1 aliphatic rings. The molecule has 3 rings (SSSR count). The van der Waals surface area contributed by atoms with Crippen molar-refractivity contribution in [3.8, 4) is 5.75 Å². The molecule has 0 radical (unpaired) electrons. The zero-order chi connectivity index (χ0) is 17.3. The first kappa shape index (κ1) is 16.5. The maximum Gasteiger partial charge on any atom is 0.330 e. The molecule has 1 fully saturated rings. The van der Waals surface area contributed by atoms with E-state index in [0.29, 0.717) is 21.7 Å². The lowest BCUT2D eigenvalue weighted by atomic mass is 10.1. The van der Waals surface area contributed by atoms with Gasteiger partial charge in [-0.15, -0.1) is 0 Å². The summed E-state index contributed by atoms with van der Waals surface area (Å²) in [6.45, 7) is 0. The molecule has 1 saturated carbocycles. The summed E-state index contributed by atoms with van der Waals surface area (Å²) in [4.78, 5) is 23.8. The molecule has 1 atom stereocenters. The topological polar surface area (TPSA) is 102 Å². The van der Waals surface area contributed by atoms with Gasteiger partial charge in [0.25, 0.3) is 5.91 Å². The van der Waals surface area contributed by atoms with Crippen LogP contribution in [-0.2, 0) is 4.79 Å². The number of carboxylic acids is 1. The summed E-state index contributed by atoms with van der Waals surface area (Å²) >= 11 is 3.30. The first-order chi connectivity index (χ1) is 11.5. The molecule has 8 heteroatoms. The van der Waals surface area contributed by atoms with Crippen molar-refractivity contribution in [2.45, 2.75) is 24.8 Å². The van der Waals surface area contributed by atoms with Crippen LogP contribution < -0.4 is 10.1 Å². The molecule has 1 amide bonds. The van der Waals surface area contributed by atoms with Crippen LogP contribution in [0.15, 0.2) is 33.3 Å². The lowest BCUT2D eigenvalue weighted by Crippen LogP contribution is -2.33. The molecule has 1 aromatic heterocycles. The minimum atomic E-state index is -1.21. The van der Waals surface area contributed by atoms with E-state index in [-0.39, 0.29) is 5.76 Å². The number of methoxy groups -OCH3 is 1. The maximum atomic E-state index is 12.3. The van der Waals surface area contributed by atoms with Crippen molar-refractivity contribution in [1.29, 1.82) is 0 Å². The first-order valence-electron chi connectivity index (χ1n) is 7.33. The molecule has 2 N–H and O–H groups in total. The number of carboxylic acid groups (broad SMARTS) is 1. The summed E-state index contributed by atoms with van der Waals surface area (Å²) in [5, 5.41) is 15.7. The second-order valence-electron chi connectivity index (χ2n) is 5.53. The van der Waals surface area contributed by atoms with Crippen LogP contribution in [0.4, 0.5) is 0 Å². The fourth-order valence-corrected chi connectivity index (χ4v) is 2.88. The molecule has 24 heavy (non-hydrogen) atoms. The van der Waals surface area contributed by atoms with Gasteiger partial charge in [-0.3, -0.25) is 4.79 Å². The van der Waals surface area contributed by atoms with E-state index < -0.39 is 17.9 Å². The van der Waals surface area contributed by atoms with E-state index in [1.54, 1.807) is 24.3 Å². The highest BCUT2D eigenvalue weighted by Gasteiger charge is 2.30. The zero-order valence-electron chi connectivity index (χ0n) is 12.8. The molecule has 1 aromatic carbocycles. The maximum absolute atomic E-state index is 12.3. The number of amides is 1. The van der Waals surface area contributed by atoms with E-state index in [1.165, 1.54) is 7.11 Å². The Morgan fingerprint density at radius 1 is 1.42 bits per heavy atom. The normalized spacial score (nSPS) is 14.9. The number of carbonyl (C=O) groups is 2. The van der Waals surface area contributed by atoms with Crippen LogP contribution in [0.3, 0.4) is 0 Å². The molecule has 0 bridgehead atoms. The number of nitrogens with zero attached hydrogens (tertiary/aromatic N) is 1. The Morgan fingerprint density at radius 2 is 2.17 bits per heavy atom. The molecule has 1 heterocycles. The van der Waals surface area contributed by atoms with Gasteiger partial charge in [0.1, 0.15) is 5.75 Å². The summed E-state index contributed by atoms with van der Waals surface area (Å²) < 4.78 is 10.7. The van der Waals surface area contributed by atoms with Crippen molar-refractivity contribution in [3.05, 3.63) is 45.8 Å². The summed E-state index contributed by atoms with van der Waals surface area (Å²) in [5.74, 6) is -0.867. The fraction of sp³-hybridized carbons (Fsp3) is 0.312. The number of benzene rings is 1. The third-order valence-corrected chi connectivity index (χ3v) is 4.40. The minimum Gasteiger partial charge on any atom is -0.496 e. The number of aliphatic carboxylic acids is 1. The Kier molecular flexibility index (Phi) is 4.57. The predicted molar refractivity (Wildman–Crippen MR) is 87.0 cm³/mol. The molecule has 0 aliphatic heterocycles. The van der Waals surface area contributed by atoms with E-state index in [9.17, 15) is 14.7 Å². The smallest absolute Gasteiger partial charge is 0.330 e. The van der Waals surface area contributed by atoms with Gasteiger partial charge in [-0.25, -0.2) is 4.79 Å². The van der Waals surface area contributed by atoms with Gasteiger partial charge < -0.3 is 19.7 Å². The van der Waals surface area contributed by atoms with Crippen LogP contribution in [0, 0.1) is 0 Å². The number of hydrogen-bond acceptors (Lipinski definition) is 5. The van der Waals surface area contributed by atoms with Crippen molar-refractivity contribution >= 4 is 27.8 Å². The Bertz CT molecular complexity index is 785. The summed E-state index contributed by atoms with van der Waals surface area (Å²) in [6, 6.07) is 5.15. The van der Waals surface area contributed by atoms with Crippen LogP contribution in [0.25, 0.3) is 0 Å². The lowest BCUT2D eigenvalue weighted by molar-refractivity contribution is -0.139. The lowest BCUT2D eigenvalue weighted by Gasteiger charge is -2.15. The van der Waals surface area contributed by atoms with Crippen molar-refractivity contribution in [2.24, 2.45) is 0 Å². The third kappa shape index (κ3) is 3.43. The number of halogens is 1. The Morgan fingerprint density at radius 3 is 2.75 bits per heavy atom. The van der Waals surface area contributed by atoms with Gasteiger partial charge in [0, 0.05) is 12.0 Å². The fourth-order valence-electron chi connectivity index (χ4n) is 2.32.